The number of nitrogens with one attached hydrogen (secondary N) is 1. The van der Waals surface area contributed by atoms with E-state index in [9.17, 15) is 4.39 Å². The lowest BCUT2D eigenvalue weighted by Crippen LogP contribution is -2.13. The largest absolute Gasteiger partial charge is 0.361 e. The van der Waals surface area contributed by atoms with Crippen molar-refractivity contribution in [3.05, 3.63) is 24.0 Å². The number of hydrogen-bond acceptors (Lipinski definition) is 3. The summed E-state index contributed by atoms with van der Waals surface area (Å²) < 4.78 is 14.1. The second kappa shape index (κ2) is 3.95. The molecular weight excluding hydrogens is 235 g/mol. The van der Waals surface area contributed by atoms with Crippen LogP contribution in [0.5, 0.6) is 0 Å². The Hall–Kier alpha value is -1.16. The third-order valence-corrected chi connectivity index (χ3v) is 4.67. The first-order valence-electron chi connectivity index (χ1n) is 6.01. The molecule has 1 aromatic heterocycles. The summed E-state index contributed by atoms with van der Waals surface area (Å²) in [6.07, 6.45) is 3.85. The summed E-state index contributed by atoms with van der Waals surface area (Å²) >= 11 is 1.60. The van der Waals surface area contributed by atoms with Crippen molar-refractivity contribution >= 4 is 26.7 Å². The fourth-order valence-corrected chi connectivity index (χ4v) is 2.91. The minimum atomic E-state index is -0.221. The normalized spacial score (nSPS) is 17.3. The fourth-order valence-electron chi connectivity index (χ4n) is 2.07. The Bertz CT molecular complexity index is 545. The quantitative estimate of drug-likeness (QED) is 0.886. The molecule has 0 radical (unpaired) electrons. The molecule has 0 unspecified atom stereocenters. The van der Waals surface area contributed by atoms with Gasteiger partial charge in [0.05, 0.1) is 10.2 Å². The van der Waals surface area contributed by atoms with Crippen LogP contribution in [-0.2, 0) is 0 Å². The third kappa shape index (κ3) is 2.14. The third-order valence-electron chi connectivity index (χ3n) is 3.67. The lowest BCUT2D eigenvalue weighted by molar-refractivity contribution is 0.521. The summed E-state index contributed by atoms with van der Waals surface area (Å²) in [7, 11) is 0. The van der Waals surface area contributed by atoms with Crippen LogP contribution in [0.15, 0.2) is 18.2 Å². The SMILES string of the molecule is CCC1(CNc2nc3cc(F)ccc3s2)CC1. The van der Waals surface area contributed by atoms with Crippen LogP contribution in [0.4, 0.5) is 9.52 Å². The molecule has 0 aliphatic heterocycles. The molecular formula is C13H15FN2S. The molecule has 0 saturated heterocycles. The summed E-state index contributed by atoms with van der Waals surface area (Å²) in [6.45, 7) is 3.23. The zero-order valence-corrected chi connectivity index (χ0v) is 10.6. The summed E-state index contributed by atoms with van der Waals surface area (Å²) in [5.41, 5.74) is 1.25. The van der Waals surface area contributed by atoms with Gasteiger partial charge in [0.1, 0.15) is 5.82 Å². The van der Waals surface area contributed by atoms with Crippen molar-refractivity contribution < 1.29 is 4.39 Å². The van der Waals surface area contributed by atoms with E-state index in [4.69, 9.17) is 0 Å². The molecule has 0 bridgehead atoms. The number of nitrogens with zero attached hydrogens (tertiary/aromatic N) is 1. The van der Waals surface area contributed by atoms with Crippen LogP contribution in [0, 0.1) is 11.2 Å². The molecule has 0 atom stereocenters. The predicted octanol–water partition coefficient (Wildman–Crippen LogP) is 4.04. The van der Waals surface area contributed by atoms with Crippen LogP contribution in [0.2, 0.25) is 0 Å². The number of hydrogen-bond donors (Lipinski definition) is 1. The van der Waals surface area contributed by atoms with Crippen molar-refractivity contribution in [2.45, 2.75) is 26.2 Å². The molecule has 17 heavy (non-hydrogen) atoms. The average Bonchev–Trinajstić information content (AvgIpc) is 3.00. The maximum atomic E-state index is 13.0. The Balaban J connectivity index is 1.77. The molecule has 2 aromatic rings. The molecule has 1 N–H and O–H groups in total. The lowest BCUT2D eigenvalue weighted by Gasteiger charge is -2.11. The van der Waals surface area contributed by atoms with Crippen LogP contribution in [0.3, 0.4) is 0 Å². The van der Waals surface area contributed by atoms with Crippen molar-refractivity contribution in [2.75, 3.05) is 11.9 Å². The topological polar surface area (TPSA) is 24.9 Å². The van der Waals surface area contributed by atoms with E-state index in [-0.39, 0.29) is 5.82 Å². The number of halogens is 1. The highest BCUT2D eigenvalue weighted by molar-refractivity contribution is 7.22. The first-order chi connectivity index (χ1) is 8.21. The molecule has 1 aromatic carbocycles. The molecule has 0 amide bonds. The van der Waals surface area contributed by atoms with Gasteiger partial charge in [-0.15, -0.1) is 0 Å². The van der Waals surface area contributed by atoms with Crippen LogP contribution in [0.1, 0.15) is 26.2 Å². The Morgan fingerprint density at radius 1 is 1.47 bits per heavy atom. The highest BCUT2D eigenvalue weighted by atomic mass is 32.1. The summed E-state index contributed by atoms with van der Waals surface area (Å²) in [5, 5.41) is 4.30. The van der Waals surface area contributed by atoms with Gasteiger partial charge in [-0.1, -0.05) is 18.3 Å². The second-order valence-corrected chi connectivity index (χ2v) is 5.87. The maximum absolute atomic E-state index is 13.0. The molecule has 3 rings (SSSR count). The van der Waals surface area contributed by atoms with Gasteiger partial charge in [0, 0.05) is 12.6 Å². The Kier molecular flexibility index (Phi) is 2.54. The predicted molar refractivity (Wildman–Crippen MR) is 70.0 cm³/mol. The van der Waals surface area contributed by atoms with Gasteiger partial charge in [0.2, 0.25) is 0 Å². The number of benzene rings is 1. The van der Waals surface area contributed by atoms with Crippen LogP contribution in [0.25, 0.3) is 10.2 Å². The van der Waals surface area contributed by atoms with E-state index in [2.05, 4.69) is 17.2 Å². The molecule has 2 nitrogen and oxygen atoms in total. The van der Waals surface area contributed by atoms with Crippen molar-refractivity contribution in [3.63, 3.8) is 0 Å². The minimum absolute atomic E-state index is 0.221. The second-order valence-electron chi connectivity index (χ2n) is 4.84. The Morgan fingerprint density at radius 3 is 3.00 bits per heavy atom. The number of fused-ring (bicyclic) bond motifs is 1. The summed E-state index contributed by atoms with van der Waals surface area (Å²) in [5.74, 6) is -0.221. The van der Waals surface area contributed by atoms with Gasteiger partial charge < -0.3 is 5.32 Å². The molecule has 4 heteroatoms. The van der Waals surface area contributed by atoms with Gasteiger partial charge in [-0.2, -0.15) is 0 Å². The molecule has 1 fully saturated rings. The standard InChI is InChI=1S/C13H15FN2S/c1-2-13(5-6-13)8-15-12-16-10-7-9(14)3-4-11(10)17-12/h3-4,7H,2,5-6,8H2,1H3,(H,15,16). The lowest BCUT2D eigenvalue weighted by atomic mass is 10.0. The van der Waals surface area contributed by atoms with Crippen LogP contribution in [-0.4, -0.2) is 11.5 Å². The van der Waals surface area contributed by atoms with Crippen molar-refractivity contribution in [3.8, 4) is 0 Å². The average molecular weight is 250 g/mol. The summed E-state index contributed by atoms with van der Waals surface area (Å²) in [4.78, 5) is 4.41. The minimum Gasteiger partial charge on any atom is -0.361 e. The zero-order chi connectivity index (χ0) is 11.9. The smallest absolute Gasteiger partial charge is 0.183 e. The zero-order valence-electron chi connectivity index (χ0n) is 9.79. The highest BCUT2D eigenvalue weighted by Crippen LogP contribution is 2.48. The van der Waals surface area contributed by atoms with Crippen LogP contribution < -0.4 is 5.32 Å². The maximum Gasteiger partial charge on any atom is 0.183 e. The molecule has 0 spiro atoms. The van der Waals surface area contributed by atoms with Crippen LogP contribution >= 0.6 is 11.3 Å². The van der Waals surface area contributed by atoms with Gasteiger partial charge in [-0.25, -0.2) is 9.37 Å². The fraction of sp³-hybridized carbons (Fsp3) is 0.462. The van der Waals surface area contributed by atoms with Gasteiger partial charge in [0.25, 0.3) is 0 Å². The molecule has 1 aliphatic carbocycles. The van der Waals surface area contributed by atoms with Gasteiger partial charge >= 0.3 is 0 Å². The molecule has 1 heterocycles. The van der Waals surface area contributed by atoms with Gasteiger partial charge in [-0.3, -0.25) is 0 Å². The highest BCUT2D eigenvalue weighted by Gasteiger charge is 2.40. The van der Waals surface area contributed by atoms with E-state index < -0.39 is 0 Å². The van der Waals surface area contributed by atoms with E-state index in [0.717, 1.165) is 21.9 Å². The number of rotatable bonds is 4. The van der Waals surface area contributed by atoms with Gasteiger partial charge in [-0.05, 0) is 36.8 Å². The number of thiazole rings is 1. The molecule has 1 saturated carbocycles. The first kappa shape index (κ1) is 11.0. The van der Waals surface area contributed by atoms with E-state index in [1.54, 1.807) is 17.4 Å². The van der Waals surface area contributed by atoms with Crippen molar-refractivity contribution in [2.24, 2.45) is 5.41 Å². The molecule has 90 valence electrons. The number of anilines is 1. The van der Waals surface area contributed by atoms with E-state index in [1.165, 1.54) is 31.4 Å². The summed E-state index contributed by atoms with van der Waals surface area (Å²) in [6, 6.07) is 4.77. The number of aromatic nitrogens is 1. The Labute approximate surface area is 104 Å². The van der Waals surface area contributed by atoms with E-state index >= 15 is 0 Å². The van der Waals surface area contributed by atoms with E-state index in [0.29, 0.717) is 5.41 Å². The Morgan fingerprint density at radius 2 is 2.29 bits per heavy atom. The first-order valence-corrected chi connectivity index (χ1v) is 6.82. The van der Waals surface area contributed by atoms with Gasteiger partial charge in [0.15, 0.2) is 5.13 Å². The van der Waals surface area contributed by atoms with Crippen molar-refractivity contribution in [1.29, 1.82) is 0 Å². The monoisotopic (exact) mass is 250 g/mol. The van der Waals surface area contributed by atoms with Crippen molar-refractivity contribution in [1.82, 2.24) is 4.98 Å². The molecule has 1 aliphatic rings. The van der Waals surface area contributed by atoms with E-state index in [1.807, 2.05) is 0 Å².